The number of hydrogen-bond acceptors (Lipinski definition) is 2. The molecule has 1 aromatic rings. The number of halogens is 1. The average Bonchev–Trinajstić information content (AvgIpc) is 2.41. The second-order valence-electron chi connectivity index (χ2n) is 4.74. The lowest BCUT2D eigenvalue weighted by Crippen LogP contribution is -2.22. The van der Waals surface area contributed by atoms with Crippen LogP contribution in [0.25, 0.3) is 0 Å². The Bertz CT molecular complexity index is 488. The molecule has 0 aliphatic carbocycles. The van der Waals surface area contributed by atoms with Crippen molar-refractivity contribution < 1.29 is 14.7 Å². The first-order chi connectivity index (χ1) is 9.49. The zero-order chi connectivity index (χ0) is 15.1. The third kappa shape index (κ3) is 4.53. The molecule has 20 heavy (non-hydrogen) atoms. The van der Waals surface area contributed by atoms with Gasteiger partial charge in [-0.05, 0) is 31.0 Å². The topological polar surface area (TPSA) is 66.4 Å². The van der Waals surface area contributed by atoms with E-state index in [2.05, 4.69) is 12.2 Å². The van der Waals surface area contributed by atoms with Crippen molar-refractivity contribution in [3.8, 4) is 0 Å². The molecule has 0 saturated heterocycles. The van der Waals surface area contributed by atoms with Gasteiger partial charge in [-0.3, -0.25) is 4.79 Å². The molecule has 0 bridgehead atoms. The molecule has 1 aromatic carbocycles. The number of unbranched alkanes of at least 4 members (excludes halogenated alkanes) is 1. The van der Waals surface area contributed by atoms with Crippen molar-refractivity contribution in [2.75, 3.05) is 5.32 Å². The fourth-order valence-electron chi connectivity index (χ4n) is 1.96. The lowest BCUT2D eigenvalue weighted by atomic mass is 9.98. The minimum Gasteiger partial charge on any atom is -0.478 e. The van der Waals surface area contributed by atoms with Crippen LogP contribution in [0.1, 0.15) is 49.9 Å². The summed E-state index contributed by atoms with van der Waals surface area (Å²) in [4.78, 5) is 23.1. The fourth-order valence-corrected chi connectivity index (χ4v) is 2.12. The third-order valence-corrected chi connectivity index (χ3v) is 3.57. The number of carboxylic acid groups (broad SMARTS) is 1. The number of amides is 1. The van der Waals surface area contributed by atoms with Crippen LogP contribution >= 0.6 is 11.6 Å². The Balaban J connectivity index is 2.83. The highest BCUT2D eigenvalue weighted by molar-refractivity contribution is 6.33. The second-order valence-corrected chi connectivity index (χ2v) is 5.14. The van der Waals surface area contributed by atoms with Crippen LogP contribution in [0.2, 0.25) is 5.02 Å². The normalized spacial score (nSPS) is 11.9. The molecule has 0 spiro atoms. The molecule has 2 N–H and O–H groups in total. The van der Waals surface area contributed by atoms with Gasteiger partial charge in [0, 0.05) is 5.92 Å². The molecule has 0 radical (unpaired) electrons. The van der Waals surface area contributed by atoms with Gasteiger partial charge in [0.05, 0.1) is 16.3 Å². The highest BCUT2D eigenvalue weighted by atomic mass is 35.5. The van der Waals surface area contributed by atoms with Crippen molar-refractivity contribution in [3.05, 3.63) is 28.8 Å². The van der Waals surface area contributed by atoms with Gasteiger partial charge in [-0.2, -0.15) is 0 Å². The first-order valence-corrected chi connectivity index (χ1v) is 7.21. The van der Waals surface area contributed by atoms with E-state index in [-0.39, 0.29) is 17.4 Å². The summed E-state index contributed by atoms with van der Waals surface area (Å²) in [7, 11) is 0. The van der Waals surface area contributed by atoms with E-state index in [9.17, 15) is 9.59 Å². The molecular formula is C15H20ClNO3. The van der Waals surface area contributed by atoms with E-state index < -0.39 is 5.97 Å². The molecular weight excluding hydrogens is 278 g/mol. The van der Waals surface area contributed by atoms with Crippen LogP contribution < -0.4 is 5.32 Å². The first kappa shape index (κ1) is 16.5. The second kappa shape index (κ2) is 7.90. The summed E-state index contributed by atoms with van der Waals surface area (Å²) in [6.07, 6.45) is 3.62. The molecule has 1 rings (SSSR count). The highest BCUT2D eigenvalue weighted by Gasteiger charge is 2.17. The predicted octanol–water partition coefficient (Wildman–Crippen LogP) is 4.19. The monoisotopic (exact) mass is 297 g/mol. The van der Waals surface area contributed by atoms with E-state index in [0.29, 0.717) is 10.7 Å². The van der Waals surface area contributed by atoms with Crippen LogP contribution in [0.4, 0.5) is 5.69 Å². The smallest absolute Gasteiger partial charge is 0.335 e. The zero-order valence-corrected chi connectivity index (χ0v) is 12.5. The first-order valence-electron chi connectivity index (χ1n) is 6.83. The lowest BCUT2D eigenvalue weighted by Gasteiger charge is -2.15. The minimum atomic E-state index is -1.05. The molecule has 0 saturated carbocycles. The molecule has 0 heterocycles. The van der Waals surface area contributed by atoms with E-state index >= 15 is 0 Å². The third-order valence-electron chi connectivity index (χ3n) is 3.24. The molecule has 0 aromatic heterocycles. The number of nitrogens with one attached hydrogen (secondary N) is 1. The largest absolute Gasteiger partial charge is 0.478 e. The summed E-state index contributed by atoms with van der Waals surface area (Å²) < 4.78 is 0. The van der Waals surface area contributed by atoms with E-state index in [4.69, 9.17) is 16.7 Å². The minimum absolute atomic E-state index is 0.0699. The number of aromatic carboxylic acids is 1. The highest BCUT2D eigenvalue weighted by Crippen LogP contribution is 2.25. The van der Waals surface area contributed by atoms with Crippen LogP contribution in [-0.2, 0) is 4.79 Å². The zero-order valence-electron chi connectivity index (χ0n) is 11.8. The summed E-state index contributed by atoms with van der Waals surface area (Å²) in [5.74, 6) is -1.22. The van der Waals surface area contributed by atoms with Crippen LogP contribution in [0, 0.1) is 5.92 Å². The van der Waals surface area contributed by atoms with Gasteiger partial charge < -0.3 is 10.4 Å². The molecule has 1 atom stereocenters. The van der Waals surface area contributed by atoms with Gasteiger partial charge in [0.25, 0.3) is 0 Å². The number of carbonyl (C=O) groups is 2. The molecule has 4 nitrogen and oxygen atoms in total. The maximum atomic E-state index is 12.2. The maximum Gasteiger partial charge on any atom is 0.335 e. The van der Waals surface area contributed by atoms with Crippen molar-refractivity contribution in [3.63, 3.8) is 0 Å². The van der Waals surface area contributed by atoms with Gasteiger partial charge in [0.2, 0.25) is 5.91 Å². The van der Waals surface area contributed by atoms with Gasteiger partial charge in [0.15, 0.2) is 0 Å². The van der Waals surface area contributed by atoms with Crippen molar-refractivity contribution in [2.24, 2.45) is 5.92 Å². The Morgan fingerprint density at radius 1 is 1.35 bits per heavy atom. The van der Waals surface area contributed by atoms with Crippen LogP contribution in [0.5, 0.6) is 0 Å². The number of benzene rings is 1. The van der Waals surface area contributed by atoms with Gasteiger partial charge in [-0.25, -0.2) is 4.79 Å². The van der Waals surface area contributed by atoms with Gasteiger partial charge in [0.1, 0.15) is 0 Å². The van der Waals surface area contributed by atoms with Crippen molar-refractivity contribution >= 4 is 29.2 Å². The average molecular weight is 298 g/mol. The van der Waals surface area contributed by atoms with Gasteiger partial charge in [-0.15, -0.1) is 0 Å². The van der Waals surface area contributed by atoms with E-state index in [0.717, 1.165) is 25.7 Å². The van der Waals surface area contributed by atoms with Gasteiger partial charge in [-0.1, -0.05) is 38.3 Å². The summed E-state index contributed by atoms with van der Waals surface area (Å²) in [6.45, 7) is 4.05. The van der Waals surface area contributed by atoms with E-state index in [1.54, 1.807) is 0 Å². The molecule has 0 aliphatic heterocycles. The maximum absolute atomic E-state index is 12.2. The Labute approximate surface area is 124 Å². The number of carbonyl (C=O) groups excluding carboxylic acids is 1. The van der Waals surface area contributed by atoms with Crippen molar-refractivity contribution in [2.45, 2.75) is 39.5 Å². The summed E-state index contributed by atoms with van der Waals surface area (Å²) in [5, 5.41) is 12.0. The quantitative estimate of drug-likeness (QED) is 0.793. The number of hydrogen-bond donors (Lipinski definition) is 2. The van der Waals surface area contributed by atoms with Gasteiger partial charge >= 0.3 is 5.97 Å². The summed E-state index contributed by atoms with van der Waals surface area (Å²) in [5.41, 5.74) is 0.456. The Morgan fingerprint density at radius 2 is 2.05 bits per heavy atom. The molecule has 0 fully saturated rings. The predicted molar refractivity (Wildman–Crippen MR) is 80.3 cm³/mol. The SMILES string of the molecule is CCCCC(CC)C(=O)Nc1cc(C(=O)O)ccc1Cl. The number of rotatable bonds is 7. The van der Waals surface area contributed by atoms with E-state index in [1.165, 1.54) is 18.2 Å². The number of carboxylic acids is 1. The molecule has 1 unspecified atom stereocenters. The lowest BCUT2D eigenvalue weighted by molar-refractivity contribution is -0.120. The van der Waals surface area contributed by atoms with Crippen LogP contribution in [0.15, 0.2) is 18.2 Å². The fraction of sp³-hybridized carbons (Fsp3) is 0.467. The molecule has 1 amide bonds. The van der Waals surface area contributed by atoms with E-state index in [1.807, 2.05) is 6.92 Å². The standard InChI is InChI=1S/C15H20ClNO3/c1-3-5-6-10(4-2)14(18)17-13-9-11(15(19)20)7-8-12(13)16/h7-10H,3-6H2,1-2H3,(H,17,18)(H,19,20). The Morgan fingerprint density at radius 3 is 2.60 bits per heavy atom. The van der Waals surface area contributed by atoms with Crippen molar-refractivity contribution in [1.82, 2.24) is 0 Å². The Kier molecular flexibility index (Phi) is 6.52. The van der Waals surface area contributed by atoms with Crippen molar-refractivity contribution in [1.29, 1.82) is 0 Å². The summed E-state index contributed by atoms with van der Waals surface area (Å²) >= 11 is 5.99. The summed E-state index contributed by atoms with van der Waals surface area (Å²) in [6, 6.07) is 4.28. The molecule has 5 heteroatoms. The Hall–Kier alpha value is -1.55. The van der Waals surface area contributed by atoms with Crippen LogP contribution in [0.3, 0.4) is 0 Å². The van der Waals surface area contributed by atoms with Crippen LogP contribution in [-0.4, -0.2) is 17.0 Å². The molecule has 0 aliphatic rings. The number of anilines is 1. The molecule has 110 valence electrons.